The SMILES string of the molecule is c1ccc(C2=NC(c3cccc(-c4ccc5ccc6c(c5c4)SC(c4ccccc4)N6)c3)Nc3ccccc32)cc1. The van der Waals surface area contributed by atoms with E-state index in [1.165, 1.54) is 38.0 Å². The predicted molar refractivity (Wildman–Crippen MR) is 173 cm³/mol. The smallest absolute Gasteiger partial charge is 0.145 e. The van der Waals surface area contributed by atoms with Crippen LogP contribution >= 0.6 is 11.8 Å². The van der Waals surface area contributed by atoms with Gasteiger partial charge in [-0.2, -0.15) is 0 Å². The van der Waals surface area contributed by atoms with Gasteiger partial charge in [-0.05, 0) is 57.3 Å². The summed E-state index contributed by atoms with van der Waals surface area (Å²) in [5.41, 5.74) is 10.4. The minimum Gasteiger partial charge on any atom is -0.368 e. The number of rotatable bonds is 4. The second-order valence-corrected chi connectivity index (χ2v) is 11.6. The van der Waals surface area contributed by atoms with Gasteiger partial charge in [0.2, 0.25) is 0 Å². The van der Waals surface area contributed by atoms with Crippen LogP contribution in [0.5, 0.6) is 0 Å². The first-order chi connectivity index (χ1) is 20.3. The van der Waals surface area contributed by atoms with E-state index < -0.39 is 0 Å². The molecule has 6 aromatic rings. The summed E-state index contributed by atoms with van der Waals surface area (Å²) in [6.07, 6.45) is -0.170. The summed E-state index contributed by atoms with van der Waals surface area (Å²) in [4.78, 5) is 6.54. The van der Waals surface area contributed by atoms with Gasteiger partial charge in [0.25, 0.3) is 0 Å². The van der Waals surface area contributed by atoms with E-state index in [1.54, 1.807) is 0 Å². The van der Waals surface area contributed by atoms with E-state index in [2.05, 4.69) is 144 Å². The number of para-hydroxylation sites is 1. The molecule has 0 saturated carbocycles. The molecule has 0 saturated heterocycles. The molecule has 2 atom stereocenters. The lowest BCUT2D eigenvalue weighted by Crippen LogP contribution is -2.20. The summed E-state index contributed by atoms with van der Waals surface area (Å²) in [5, 5.41) is 10.2. The Bertz CT molecular complexity index is 1930. The Morgan fingerprint density at radius 1 is 0.537 bits per heavy atom. The molecule has 0 aliphatic carbocycles. The van der Waals surface area contributed by atoms with Crippen LogP contribution in [0.15, 0.2) is 149 Å². The van der Waals surface area contributed by atoms with Gasteiger partial charge in [0.15, 0.2) is 0 Å². The molecule has 4 heteroatoms. The molecule has 2 aliphatic heterocycles. The van der Waals surface area contributed by atoms with E-state index in [9.17, 15) is 0 Å². The van der Waals surface area contributed by atoms with Crippen LogP contribution in [0.1, 0.15) is 33.8 Å². The summed E-state index contributed by atoms with van der Waals surface area (Å²) in [6.45, 7) is 0. The van der Waals surface area contributed by atoms with Gasteiger partial charge < -0.3 is 10.6 Å². The summed E-state index contributed by atoms with van der Waals surface area (Å²) in [6, 6.07) is 49.6. The van der Waals surface area contributed by atoms with Crippen LogP contribution in [0.4, 0.5) is 11.4 Å². The third kappa shape index (κ3) is 4.37. The zero-order valence-electron chi connectivity index (χ0n) is 22.3. The summed E-state index contributed by atoms with van der Waals surface area (Å²) in [7, 11) is 0. The Hall–Kier alpha value is -4.80. The molecule has 0 radical (unpaired) electrons. The molecular weight excluding hydrogens is 518 g/mol. The lowest BCUT2D eigenvalue weighted by Gasteiger charge is -2.26. The Balaban J connectivity index is 1.16. The van der Waals surface area contributed by atoms with E-state index in [0.717, 1.165) is 28.1 Å². The molecule has 41 heavy (non-hydrogen) atoms. The number of hydrogen-bond donors (Lipinski definition) is 2. The van der Waals surface area contributed by atoms with E-state index in [0.29, 0.717) is 0 Å². The van der Waals surface area contributed by atoms with Crippen molar-refractivity contribution in [1.29, 1.82) is 0 Å². The number of hydrogen-bond acceptors (Lipinski definition) is 4. The van der Waals surface area contributed by atoms with Crippen molar-refractivity contribution in [3.05, 3.63) is 162 Å². The van der Waals surface area contributed by atoms with Crippen molar-refractivity contribution in [2.75, 3.05) is 10.6 Å². The molecular formula is C37H27N3S. The third-order valence-electron chi connectivity index (χ3n) is 7.91. The fourth-order valence-corrected chi connectivity index (χ4v) is 7.12. The van der Waals surface area contributed by atoms with Gasteiger partial charge in [-0.3, -0.25) is 4.99 Å². The predicted octanol–water partition coefficient (Wildman–Crippen LogP) is 9.68. The highest BCUT2D eigenvalue weighted by atomic mass is 32.2. The average Bonchev–Trinajstić information content (AvgIpc) is 3.50. The van der Waals surface area contributed by atoms with Crippen LogP contribution in [-0.4, -0.2) is 5.71 Å². The standard InChI is InChI=1S/C37H27N3S/c1-3-10-25(11-4-1)34-30-16-7-8-17-32(30)38-36(40-34)29-15-9-14-27(22-29)28-19-18-24-20-21-33-35(31(24)23-28)41-37(39-33)26-12-5-2-6-13-26/h1-23,36-39H. The maximum Gasteiger partial charge on any atom is 0.145 e. The fraction of sp³-hybridized carbons (Fsp3) is 0.0541. The van der Waals surface area contributed by atoms with Crippen molar-refractivity contribution >= 4 is 39.6 Å². The average molecular weight is 546 g/mol. The minimum atomic E-state index is -0.170. The number of nitrogens with one attached hydrogen (secondary N) is 2. The fourth-order valence-electron chi connectivity index (χ4n) is 5.85. The van der Waals surface area contributed by atoms with Crippen LogP contribution in [-0.2, 0) is 0 Å². The largest absolute Gasteiger partial charge is 0.368 e. The van der Waals surface area contributed by atoms with Gasteiger partial charge in [-0.25, -0.2) is 0 Å². The van der Waals surface area contributed by atoms with E-state index >= 15 is 0 Å². The molecule has 0 fully saturated rings. The number of anilines is 2. The van der Waals surface area contributed by atoms with E-state index in [4.69, 9.17) is 4.99 Å². The molecule has 2 N–H and O–H groups in total. The van der Waals surface area contributed by atoms with Crippen LogP contribution in [0.25, 0.3) is 21.9 Å². The lowest BCUT2D eigenvalue weighted by molar-refractivity contribution is 0.828. The van der Waals surface area contributed by atoms with Crippen LogP contribution in [0.3, 0.4) is 0 Å². The Morgan fingerprint density at radius 3 is 2.12 bits per heavy atom. The highest BCUT2D eigenvalue weighted by Crippen LogP contribution is 2.50. The topological polar surface area (TPSA) is 36.4 Å². The highest BCUT2D eigenvalue weighted by Gasteiger charge is 2.25. The first-order valence-electron chi connectivity index (χ1n) is 13.9. The summed E-state index contributed by atoms with van der Waals surface area (Å²) >= 11 is 1.90. The molecule has 2 aliphatic rings. The molecule has 0 bridgehead atoms. The minimum absolute atomic E-state index is 0.170. The molecule has 3 nitrogen and oxygen atoms in total. The molecule has 8 rings (SSSR count). The lowest BCUT2D eigenvalue weighted by atomic mass is 9.96. The van der Waals surface area contributed by atoms with E-state index in [-0.39, 0.29) is 11.5 Å². The van der Waals surface area contributed by atoms with Crippen molar-refractivity contribution in [2.24, 2.45) is 4.99 Å². The van der Waals surface area contributed by atoms with Gasteiger partial charge in [0, 0.05) is 27.4 Å². The Kier molecular flexibility index (Phi) is 5.86. The van der Waals surface area contributed by atoms with Gasteiger partial charge >= 0.3 is 0 Å². The monoisotopic (exact) mass is 545 g/mol. The third-order valence-corrected chi connectivity index (χ3v) is 9.21. The van der Waals surface area contributed by atoms with Crippen molar-refractivity contribution in [3.63, 3.8) is 0 Å². The number of fused-ring (bicyclic) bond motifs is 4. The van der Waals surface area contributed by atoms with Gasteiger partial charge in [-0.1, -0.05) is 127 Å². The van der Waals surface area contributed by atoms with Gasteiger partial charge in [0.05, 0.1) is 5.71 Å². The maximum absolute atomic E-state index is 5.23. The molecule has 2 unspecified atom stereocenters. The number of nitrogens with zero attached hydrogens (tertiary/aromatic N) is 1. The zero-order chi connectivity index (χ0) is 27.2. The highest BCUT2D eigenvalue weighted by molar-refractivity contribution is 8.00. The van der Waals surface area contributed by atoms with Crippen LogP contribution in [0.2, 0.25) is 0 Å². The summed E-state index contributed by atoms with van der Waals surface area (Å²) in [5.74, 6) is 0. The van der Waals surface area contributed by atoms with Crippen LogP contribution in [0, 0.1) is 0 Å². The van der Waals surface area contributed by atoms with Gasteiger partial charge in [-0.15, -0.1) is 0 Å². The Morgan fingerprint density at radius 2 is 1.24 bits per heavy atom. The van der Waals surface area contributed by atoms with Crippen molar-refractivity contribution in [1.82, 2.24) is 0 Å². The second-order valence-electron chi connectivity index (χ2n) is 10.5. The number of aliphatic imine (C=N–C) groups is 1. The molecule has 6 aromatic carbocycles. The van der Waals surface area contributed by atoms with Crippen molar-refractivity contribution in [2.45, 2.75) is 16.4 Å². The van der Waals surface area contributed by atoms with Crippen molar-refractivity contribution < 1.29 is 0 Å². The van der Waals surface area contributed by atoms with Crippen LogP contribution < -0.4 is 10.6 Å². The first-order valence-corrected chi connectivity index (χ1v) is 14.8. The zero-order valence-corrected chi connectivity index (χ0v) is 23.1. The van der Waals surface area contributed by atoms with E-state index in [1.807, 2.05) is 17.8 Å². The molecule has 2 heterocycles. The molecule has 196 valence electrons. The second kappa shape index (κ2) is 9.99. The quantitative estimate of drug-likeness (QED) is 0.231. The number of benzene rings is 6. The van der Waals surface area contributed by atoms with Crippen molar-refractivity contribution in [3.8, 4) is 11.1 Å². The molecule has 0 aromatic heterocycles. The maximum atomic E-state index is 5.23. The Labute approximate surface area is 244 Å². The van der Waals surface area contributed by atoms with Gasteiger partial charge in [0.1, 0.15) is 11.5 Å². The summed E-state index contributed by atoms with van der Waals surface area (Å²) < 4.78 is 0. The first kappa shape index (κ1) is 24.0. The number of thioether (sulfide) groups is 1. The molecule has 0 spiro atoms. The normalized spacial score (nSPS) is 17.2. The molecule has 0 amide bonds.